The molecule has 0 amide bonds. The predicted molar refractivity (Wildman–Crippen MR) is 71.2 cm³/mol. The van der Waals surface area contributed by atoms with Crippen molar-refractivity contribution < 1.29 is 4.74 Å². The second-order valence-electron chi connectivity index (χ2n) is 4.81. The van der Waals surface area contributed by atoms with E-state index in [1.54, 1.807) is 0 Å². The number of aryl methyl sites for hydroxylation is 1. The lowest BCUT2D eigenvalue weighted by Gasteiger charge is -2.23. The van der Waals surface area contributed by atoms with Crippen LogP contribution in [0.5, 0.6) is 0 Å². The number of ether oxygens (including phenoxy) is 1. The zero-order valence-corrected chi connectivity index (χ0v) is 10.5. The van der Waals surface area contributed by atoms with Crippen molar-refractivity contribution in [2.24, 2.45) is 0 Å². The van der Waals surface area contributed by atoms with Crippen LogP contribution in [0, 0.1) is 0 Å². The smallest absolute Gasteiger partial charge is 0.0620 e. The van der Waals surface area contributed by atoms with Crippen molar-refractivity contribution in [1.82, 2.24) is 5.32 Å². The molecule has 17 heavy (non-hydrogen) atoms. The average molecular weight is 233 g/mol. The molecule has 1 fully saturated rings. The van der Waals surface area contributed by atoms with E-state index in [9.17, 15) is 0 Å². The Morgan fingerprint density at radius 3 is 2.76 bits per heavy atom. The van der Waals surface area contributed by atoms with Crippen LogP contribution in [-0.2, 0) is 11.2 Å². The molecule has 94 valence electrons. The van der Waals surface area contributed by atoms with Crippen molar-refractivity contribution in [2.45, 2.75) is 38.1 Å². The first-order chi connectivity index (χ1) is 8.45. The van der Waals surface area contributed by atoms with Gasteiger partial charge in [-0.2, -0.15) is 0 Å². The maximum Gasteiger partial charge on any atom is 0.0620 e. The van der Waals surface area contributed by atoms with Crippen LogP contribution >= 0.6 is 0 Å². The van der Waals surface area contributed by atoms with Gasteiger partial charge in [-0.15, -0.1) is 0 Å². The molecule has 0 spiro atoms. The number of hydrogen-bond acceptors (Lipinski definition) is 2. The molecule has 0 bridgehead atoms. The summed E-state index contributed by atoms with van der Waals surface area (Å²) in [6.45, 7) is 2.80. The quantitative estimate of drug-likeness (QED) is 0.763. The molecule has 2 nitrogen and oxygen atoms in total. The Bertz CT molecular complexity index is 293. The number of morpholine rings is 1. The SMILES string of the molecule is c1ccc(CCCCCC2COCCN2)cc1. The molecule has 1 saturated heterocycles. The third-order valence-corrected chi connectivity index (χ3v) is 3.36. The van der Waals surface area contributed by atoms with E-state index >= 15 is 0 Å². The van der Waals surface area contributed by atoms with Gasteiger partial charge in [0.2, 0.25) is 0 Å². The summed E-state index contributed by atoms with van der Waals surface area (Å²) < 4.78 is 5.45. The molecule has 1 aromatic carbocycles. The van der Waals surface area contributed by atoms with Crippen LogP contribution in [0.2, 0.25) is 0 Å². The zero-order valence-electron chi connectivity index (χ0n) is 10.5. The van der Waals surface area contributed by atoms with Gasteiger partial charge in [-0.25, -0.2) is 0 Å². The summed E-state index contributed by atoms with van der Waals surface area (Å²) in [5.41, 5.74) is 1.46. The lowest BCUT2D eigenvalue weighted by Crippen LogP contribution is -2.41. The fraction of sp³-hybridized carbons (Fsp3) is 0.600. The van der Waals surface area contributed by atoms with Crippen LogP contribution in [0.15, 0.2) is 30.3 Å². The van der Waals surface area contributed by atoms with Crippen LogP contribution in [0.4, 0.5) is 0 Å². The number of rotatable bonds is 6. The molecule has 2 rings (SSSR count). The first kappa shape index (κ1) is 12.6. The molecule has 0 saturated carbocycles. The van der Waals surface area contributed by atoms with E-state index in [0.29, 0.717) is 6.04 Å². The maximum atomic E-state index is 5.45. The topological polar surface area (TPSA) is 21.3 Å². The highest BCUT2D eigenvalue weighted by Crippen LogP contribution is 2.10. The van der Waals surface area contributed by atoms with Gasteiger partial charge in [0.25, 0.3) is 0 Å². The van der Waals surface area contributed by atoms with Gasteiger partial charge in [-0.05, 0) is 24.8 Å². The molecule has 1 aliphatic heterocycles. The van der Waals surface area contributed by atoms with Crippen LogP contribution < -0.4 is 5.32 Å². The standard InChI is InChI=1S/C15H23NO/c1-3-7-14(8-4-1)9-5-2-6-10-15-13-17-12-11-16-15/h1,3-4,7-8,15-16H,2,5-6,9-13H2. The van der Waals surface area contributed by atoms with Crippen molar-refractivity contribution in [3.05, 3.63) is 35.9 Å². The molecular weight excluding hydrogens is 210 g/mol. The van der Waals surface area contributed by atoms with Gasteiger partial charge in [0.05, 0.1) is 13.2 Å². The van der Waals surface area contributed by atoms with Crippen molar-refractivity contribution in [3.63, 3.8) is 0 Å². The average Bonchev–Trinajstić information content (AvgIpc) is 2.41. The predicted octanol–water partition coefficient (Wildman–Crippen LogP) is 2.78. The fourth-order valence-electron chi connectivity index (χ4n) is 2.35. The first-order valence-corrected chi connectivity index (χ1v) is 6.80. The van der Waals surface area contributed by atoms with Gasteiger partial charge in [-0.1, -0.05) is 43.2 Å². The van der Waals surface area contributed by atoms with Crippen molar-refractivity contribution in [1.29, 1.82) is 0 Å². The molecule has 0 aliphatic carbocycles. The highest BCUT2D eigenvalue weighted by Gasteiger charge is 2.11. The Hall–Kier alpha value is -0.860. The maximum absolute atomic E-state index is 5.45. The summed E-state index contributed by atoms with van der Waals surface area (Å²) in [6, 6.07) is 11.4. The van der Waals surface area contributed by atoms with Gasteiger partial charge in [0.15, 0.2) is 0 Å². The number of nitrogens with one attached hydrogen (secondary N) is 1. The fourth-order valence-corrected chi connectivity index (χ4v) is 2.35. The van der Waals surface area contributed by atoms with E-state index < -0.39 is 0 Å². The van der Waals surface area contributed by atoms with Crippen molar-refractivity contribution >= 4 is 0 Å². The Morgan fingerprint density at radius 2 is 2.00 bits per heavy atom. The molecule has 2 heteroatoms. The van der Waals surface area contributed by atoms with Gasteiger partial charge < -0.3 is 10.1 Å². The summed E-state index contributed by atoms with van der Waals surface area (Å²) in [7, 11) is 0. The third-order valence-electron chi connectivity index (χ3n) is 3.36. The summed E-state index contributed by atoms with van der Waals surface area (Å²) in [5, 5.41) is 3.50. The van der Waals surface area contributed by atoms with Crippen LogP contribution in [-0.4, -0.2) is 25.8 Å². The summed E-state index contributed by atoms with van der Waals surface area (Å²) in [5.74, 6) is 0. The second-order valence-corrected chi connectivity index (χ2v) is 4.81. The molecule has 1 aliphatic rings. The molecule has 1 atom stereocenters. The summed E-state index contributed by atoms with van der Waals surface area (Å²) >= 11 is 0. The van der Waals surface area contributed by atoms with Gasteiger partial charge in [0, 0.05) is 12.6 Å². The minimum Gasteiger partial charge on any atom is -0.379 e. The number of hydrogen-bond donors (Lipinski definition) is 1. The van der Waals surface area contributed by atoms with Crippen LogP contribution in [0.3, 0.4) is 0 Å². The van der Waals surface area contributed by atoms with Crippen molar-refractivity contribution in [2.75, 3.05) is 19.8 Å². The number of benzene rings is 1. The van der Waals surface area contributed by atoms with Gasteiger partial charge >= 0.3 is 0 Å². The van der Waals surface area contributed by atoms with Crippen LogP contribution in [0.1, 0.15) is 31.2 Å². The molecular formula is C15H23NO. The first-order valence-electron chi connectivity index (χ1n) is 6.80. The molecule has 1 unspecified atom stereocenters. The zero-order chi connectivity index (χ0) is 11.8. The third kappa shape index (κ3) is 4.88. The van der Waals surface area contributed by atoms with Crippen molar-refractivity contribution in [3.8, 4) is 0 Å². The molecule has 0 radical (unpaired) electrons. The Balaban J connectivity index is 1.51. The Morgan fingerprint density at radius 1 is 1.12 bits per heavy atom. The van der Waals surface area contributed by atoms with E-state index in [1.807, 2.05) is 0 Å². The minimum absolute atomic E-state index is 0.598. The number of unbranched alkanes of at least 4 members (excludes halogenated alkanes) is 2. The largest absolute Gasteiger partial charge is 0.379 e. The monoisotopic (exact) mass is 233 g/mol. The van der Waals surface area contributed by atoms with E-state index in [-0.39, 0.29) is 0 Å². The Kier molecular flexibility index (Phi) is 5.53. The van der Waals surface area contributed by atoms with E-state index in [2.05, 4.69) is 35.6 Å². The van der Waals surface area contributed by atoms with E-state index in [0.717, 1.165) is 19.8 Å². The molecule has 1 heterocycles. The summed E-state index contributed by atoms with van der Waals surface area (Å²) in [4.78, 5) is 0. The normalized spacial score (nSPS) is 20.4. The van der Waals surface area contributed by atoms with E-state index in [4.69, 9.17) is 4.74 Å². The van der Waals surface area contributed by atoms with Crippen LogP contribution in [0.25, 0.3) is 0 Å². The van der Waals surface area contributed by atoms with Gasteiger partial charge in [-0.3, -0.25) is 0 Å². The minimum atomic E-state index is 0.598. The lowest BCUT2D eigenvalue weighted by molar-refractivity contribution is 0.0734. The lowest BCUT2D eigenvalue weighted by atomic mass is 10.0. The second kappa shape index (κ2) is 7.46. The highest BCUT2D eigenvalue weighted by atomic mass is 16.5. The highest BCUT2D eigenvalue weighted by molar-refractivity contribution is 5.14. The summed E-state index contributed by atoms with van der Waals surface area (Å²) in [6.07, 6.45) is 6.42. The molecule has 1 aromatic rings. The Labute approximate surface area is 104 Å². The molecule has 0 aromatic heterocycles. The van der Waals surface area contributed by atoms with Gasteiger partial charge in [0.1, 0.15) is 0 Å². The molecule has 1 N–H and O–H groups in total. The van der Waals surface area contributed by atoms with E-state index in [1.165, 1.54) is 37.7 Å².